The molecule has 0 bridgehead atoms. The molecule has 98 valence electrons. The monoisotopic (exact) mass is 237 g/mol. The molecule has 0 atom stereocenters. The van der Waals surface area contributed by atoms with Gasteiger partial charge in [-0.05, 0) is 19.3 Å². The Morgan fingerprint density at radius 1 is 1.24 bits per heavy atom. The first-order valence-electron chi connectivity index (χ1n) is 6.43. The normalized spacial score (nSPS) is 15.5. The standard InChI is InChI=1S/C14H27N3/c1-14(2,12-9-7-8-10-12)11-15-13(16(3)4)17(5)6/h9H,7-8,10-11H2,1-6H3. The fourth-order valence-corrected chi connectivity index (χ4v) is 2.34. The molecule has 1 rings (SSSR count). The molecule has 17 heavy (non-hydrogen) atoms. The zero-order chi connectivity index (χ0) is 13.1. The van der Waals surface area contributed by atoms with E-state index < -0.39 is 0 Å². The van der Waals surface area contributed by atoms with E-state index in [1.54, 1.807) is 5.57 Å². The number of hydrogen-bond acceptors (Lipinski definition) is 1. The SMILES string of the molecule is CN(C)C(=NCC(C)(C)C1=CCCC1)N(C)C. The molecule has 0 unspecified atom stereocenters. The van der Waals surface area contributed by atoms with Crippen LogP contribution in [-0.4, -0.2) is 50.5 Å². The summed E-state index contributed by atoms with van der Waals surface area (Å²) in [5.74, 6) is 1.04. The van der Waals surface area contributed by atoms with Gasteiger partial charge in [0.25, 0.3) is 0 Å². The first-order valence-corrected chi connectivity index (χ1v) is 6.43. The second-order valence-corrected chi connectivity index (χ2v) is 5.91. The number of hydrogen-bond donors (Lipinski definition) is 0. The summed E-state index contributed by atoms with van der Waals surface area (Å²) in [7, 11) is 8.17. The second kappa shape index (κ2) is 5.56. The van der Waals surface area contributed by atoms with Crippen molar-refractivity contribution < 1.29 is 0 Å². The lowest BCUT2D eigenvalue weighted by molar-refractivity contribution is 0.428. The van der Waals surface area contributed by atoms with Crippen LogP contribution in [-0.2, 0) is 0 Å². The highest BCUT2D eigenvalue weighted by molar-refractivity contribution is 5.79. The van der Waals surface area contributed by atoms with E-state index in [1.165, 1.54) is 19.3 Å². The van der Waals surface area contributed by atoms with Gasteiger partial charge in [-0.3, -0.25) is 4.99 Å². The van der Waals surface area contributed by atoms with Crippen LogP contribution in [0.25, 0.3) is 0 Å². The topological polar surface area (TPSA) is 18.8 Å². The van der Waals surface area contributed by atoms with E-state index in [-0.39, 0.29) is 5.41 Å². The maximum Gasteiger partial charge on any atom is 0.195 e. The fourth-order valence-electron chi connectivity index (χ4n) is 2.34. The Hall–Kier alpha value is -0.990. The van der Waals surface area contributed by atoms with Crippen LogP contribution in [0.4, 0.5) is 0 Å². The van der Waals surface area contributed by atoms with E-state index in [0.29, 0.717) is 0 Å². The average Bonchev–Trinajstić information content (AvgIpc) is 2.69. The number of rotatable bonds is 3. The Balaban J connectivity index is 2.72. The number of aliphatic imine (C=N–C) groups is 1. The average molecular weight is 237 g/mol. The maximum absolute atomic E-state index is 4.77. The second-order valence-electron chi connectivity index (χ2n) is 5.91. The Kier molecular flexibility index (Phi) is 4.61. The zero-order valence-electron chi connectivity index (χ0n) is 12.2. The first kappa shape index (κ1) is 14.1. The van der Waals surface area contributed by atoms with Gasteiger partial charge < -0.3 is 9.80 Å². The van der Waals surface area contributed by atoms with E-state index in [9.17, 15) is 0 Å². The van der Waals surface area contributed by atoms with Gasteiger partial charge in [0.05, 0.1) is 6.54 Å². The van der Waals surface area contributed by atoms with Crippen LogP contribution in [0, 0.1) is 5.41 Å². The van der Waals surface area contributed by atoms with Crippen LogP contribution in [0.2, 0.25) is 0 Å². The fraction of sp³-hybridized carbons (Fsp3) is 0.786. The van der Waals surface area contributed by atoms with E-state index in [1.807, 2.05) is 28.2 Å². The van der Waals surface area contributed by atoms with Gasteiger partial charge in [0.1, 0.15) is 0 Å². The van der Waals surface area contributed by atoms with Gasteiger partial charge in [0, 0.05) is 33.6 Å². The van der Waals surface area contributed by atoms with Crippen molar-refractivity contribution in [1.29, 1.82) is 0 Å². The minimum Gasteiger partial charge on any atom is -0.349 e. The minimum absolute atomic E-state index is 0.202. The molecule has 0 amide bonds. The molecule has 0 N–H and O–H groups in total. The summed E-state index contributed by atoms with van der Waals surface area (Å²) < 4.78 is 0. The number of nitrogens with zero attached hydrogens (tertiary/aromatic N) is 3. The van der Waals surface area contributed by atoms with Gasteiger partial charge in [0.2, 0.25) is 0 Å². The highest BCUT2D eigenvalue weighted by Gasteiger charge is 2.25. The molecule has 0 saturated carbocycles. The molecule has 0 heterocycles. The van der Waals surface area contributed by atoms with Crippen LogP contribution in [0.1, 0.15) is 33.1 Å². The van der Waals surface area contributed by atoms with Crippen molar-refractivity contribution in [3.63, 3.8) is 0 Å². The third kappa shape index (κ3) is 3.76. The summed E-state index contributed by atoms with van der Waals surface area (Å²) >= 11 is 0. The molecule has 1 aliphatic carbocycles. The Morgan fingerprint density at radius 3 is 2.24 bits per heavy atom. The molecule has 0 radical (unpaired) electrons. The Bertz CT molecular complexity index is 301. The van der Waals surface area contributed by atoms with Gasteiger partial charge >= 0.3 is 0 Å². The maximum atomic E-state index is 4.77. The van der Waals surface area contributed by atoms with Crippen molar-refractivity contribution in [3.05, 3.63) is 11.6 Å². The van der Waals surface area contributed by atoms with Gasteiger partial charge in [0.15, 0.2) is 5.96 Å². The smallest absolute Gasteiger partial charge is 0.195 e. The van der Waals surface area contributed by atoms with E-state index in [2.05, 4.69) is 29.7 Å². The molecule has 0 spiro atoms. The van der Waals surface area contributed by atoms with Crippen LogP contribution in [0.3, 0.4) is 0 Å². The van der Waals surface area contributed by atoms with Gasteiger partial charge in [-0.25, -0.2) is 0 Å². The molecular weight excluding hydrogens is 210 g/mol. The molecule has 3 heteroatoms. The van der Waals surface area contributed by atoms with Crippen molar-refractivity contribution >= 4 is 5.96 Å². The van der Waals surface area contributed by atoms with Crippen molar-refractivity contribution in [3.8, 4) is 0 Å². The number of guanidine groups is 1. The summed E-state index contributed by atoms with van der Waals surface area (Å²) in [6.45, 7) is 5.47. The zero-order valence-corrected chi connectivity index (χ0v) is 12.2. The van der Waals surface area contributed by atoms with Crippen LogP contribution < -0.4 is 0 Å². The van der Waals surface area contributed by atoms with Gasteiger partial charge in [-0.2, -0.15) is 0 Å². The molecular formula is C14H27N3. The third-order valence-corrected chi connectivity index (χ3v) is 3.33. The molecule has 0 saturated heterocycles. The summed E-state index contributed by atoms with van der Waals surface area (Å²) in [5.41, 5.74) is 1.78. The molecule has 0 aromatic heterocycles. The summed E-state index contributed by atoms with van der Waals surface area (Å²) in [6.07, 6.45) is 6.22. The molecule has 0 aromatic carbocycles. The van der Waals surface area contributed by atoms with Crippen molar-refractivity contribution in [2.75, 3.05) is 34.7 Å². The van der Waals surface area contributed by atoms with E-state index in [4.69, 9.17) is 4.99 Å². The first-order chi connectivity index (χ1) is 7.84. The molecule has 3 nitrogen and oxygen atoms in total. The quantitative estimate of drug-likeness (QED) is 0.427. The minimum atomic E-state index is 0.202. The summed E-state index contributed by atoms with van der Waals surface area (Å²) in [5, 5.41) is 0. The lowest BCUT2D eigenvalue weighted by Gasteiger charge is -2.28. The van der Waals surface area contributed by atoms with Crippen LogP contribution >= 0.6 is 0 Å². The number of allylic oxidation sites excluding steroid dienone is 1. The lowest BCUT2D eigenvalue weighted by atomic mass is 9.84. The predicted molar refractivity (Wildman–Crippen MR) is 75.4 cm³/mol. The highest BCUT2D eigenvalue weighted by atomic mass is 15.3. The predicted octanol–water partition coefficient (Wildman–Crippen LogP) is 2.60. The van der Waals surface area contributed by atoms with E-state index in [0.717, 1.165) is 12.5 Å². The molecule has 0 fully saturated rings. The third-order valence-electron chi connectivity index (χ3n) is 3.33. The lowest BCUT2D eigenvalue weighted by Crippen LogP contribution is -2.36. The van der Waals surface area contributed by atoms with Crippen molar-refractivity contribution in [2.24, 2.45) is 10.4 Å². The van der Waals surface area contributed by atoms with Crippen LogP contribution in [0.5, 0.6) is 0 Å². The highest BCUT2D eigenvalue weighted by Crippen LogP contribution is 2.34. The summed E-state index contributed by atoms with van der Waals surface area (Å²) in [4.78, 5) is 8.90. The van der Waals surface area contributed by atoms with Gasteiger partial charge in [-0.1, -0.05) is 25.5 Å². The van der Waals surface area contributed by atoms with E-state index >= 15 is 0 Å². The van der Waals surface area contributed by atoms with Crippen LogP contribution in [0.15, 0.2) is 16.6 Å². The van der Waals surface area contributed by atoms with Crippen molar-refractivity contribution in [2.45, 2.75) is 33.1 Å². The summed E-state index contributed by atoms with van der Waals surface area (Å²) in [6, 6.07) is 0. The van der Waals surface area contributed by atoms with Crippen molar-refractivity contribution in [1.82, 2.24) is 9.80 Å². The Morgan fingerprint density at radius 2 is 1.82 bits per heavy atom. The molecule has 0 aromatic rings. The van der Waals surface area contributed by atoms with Gasteiger partial charge in [-0.15, -0.1) is 0 Å². The molecule has 0 aliphatic heterocycles. The largest absolute Gasteiger partial charge is 0.349 e. The molecule has 1 aliphatic rings. The Labute approximate surface area is 106 Å².